The Hall–Kier alpha value is -0.940. The van der Waals surface area contributed by atoms with Crippen LogP contribution in [-0.2, 0) is 10.3 Å². The molecular formula is C16H27N3O2. The van der Waals surface area contributed by atoms with Crippen LogP contribution in [0.3, 0.4) is 0 Å². The van der Waals surface area contributed by atoms with Crippen molar-refractivity contribution < 1.29 is 9.26 Å². The van der Waals surface area contributed by atoms with Crippen LogP contribution >= 0.6 is 0 Å². The Labute approximate surface area is 126 Å². The molecule has 1 aromatic heterocycles. The van der Waals surface area contributed by atoms with Crippen molar-refractivity contribution in [3.63, 3.8) is 0 Å². The number of nitrogens with one attached hydrogen (secondary N) is 1. The van der Waals surface area contributed by atoms with E-state index in [0.717, 1.165) is 37.5 Å². The van der Waals surface area contributed by atoms with Crippen molar-refractivity contribution in [3.05, 3.63) is 11.7 Å². The van der Waals surface area contributed by atoms with E-state index in [4.69, 9.17) is 14.2 Å². The summed E-state index contributed by atoms with van der Waals surface area (Å²) in [4.78, 5) is 4.72. The molecule has 1 aromatic rings. The molecule has 1 aliphatic heterocycles. The fraction of sp³-hybridized carbons (Fsp3) is 0.875. The Bertz CT molecular complexity index is 452. The predicted molar refractivity (Wildman–Crippen MR) is 79.8 cm³/mol. The van der Waals surface area contributed by atoms with Gasteiger partial charge in [0.05, 0.1) is 6.04 Å². The average molecular weight is 293 g/mol. The zero-order chi connectivity index (χ0) is 14.7. The summed E-state index contributed by atoms with van der Waals surface area (Å²) in [5.74, 6) is 2.15. The molecular weight excluding hydrogens is 266 g/mol. The minimum absolute atomic E-state index is 0.222. The summed E-state index contributed by atoms with van der Waals surface area (Å²) >= 11 is 0. The lowest BCUT2D eigenvalue weighted by atomic mass is 9.78. The van der Waals surface area contributed by atoms with Crippen molar-refractivity contribution in [2.45, 2.75) is 70.4 Å². The van der Waals surface area contributed by atoms with Crippen molar-refractivity contribution in [2.75, 3.05) is 13.2 Å². The molecule has 2 aliphatic rings. The highest BCUT2D eigenvalue weighted by Crippen LogP contribution is 2.42. The van der Waals surface area contributed by atoms with E-state index in [0.29, 0.717) is 12.5 Å². The summed E-state index contributed by atoms with van der Waals surface area (Å²) in [7, 11) is 0. The Morgan fingerprint density at radius 3 is 2.95 bits per heavy atom. The third kappa shape index (κ3) is 3.14. The lowest BCUT2D eigenvalue weighted by molar-refractivity contribution is -0.0891. The Balaban J connectivity index is 1.81. The summed E-state index contributed by atoms with van der Waals surface area (Å²) in [6.07, 6.45) is 7.98. The van der Waals surface area contributed by atoms with Gasteiger partial charge in [-0.3, -0.25) is 0 Å². The minimum atomic E-state index is -0.331. The van der Waals surface area contributed by atoms with E-state index in [1.807, 2.05) is 6.92 Å². The van der Waals surface area contributed by atoms with E-state index < -0.39 is 0 Å². The van der Waals surface area contributed by atoms with Crippen LogP contribution < -0.4 is 5.32 Å². The van der Waals surface area contributed by atoms with Crippen molar-refractivity contribution in [1.29, 1.82) is 0 Å². The van der Waals surface area contributed by atoms with Crippen LogP contribution in [0.4, 0.5) is 0 Å². The second kappa shape index (κ2) is 6.44. The first-order valence-electron chi connectivity index (χ1n) is 8.45. The maximum atomic E-state index is 6.12. The van der Waals surface area contributed by atoms with Crippen LogP contribution in [0.15, 0.2) is 4.52 Å². The molecule has 2 unspecified atom stereocenters. The fourth-order valence-electron chi connectivity index (χ4n) is 3.80. The van der Waals surface area contributed by atoms with Crippen LogP contribution in [0.1, 0.15) is 76.6 Å². The van der Waals surface area contributed by atoms with E-state index >= 15 is 0 Å². The molecule has 0 bridgehead atoms. The molecule has 1 saturated heterocycles. The standard InChI is InChI=1S/C16H27N3O2/c1-3-20-16(9-6-7-12(2)11-16)15-18-14(21-19-15)13-8-4-5-10-17-13/h12-13,17H,3-11H2,1-2H3/t12?,13-,16?/m1/s1. The number of ether oxygens (including phenoxy) is 1. The normalized spacial score (nSPS) is 34.0. The van der Waals surface area contributed by atoms with Crippen molar-refractivity contribution in [2.24, 2.45) is 5.92 Å². The topological polar surface area (TPSA) is 60.2 Å². The molecule has 0 aromatic carbocycles. The van der Waals surface area contributed by atoms with Crippen LogP contribution in [0.2, 0.25) is 0 Å². The van der Waals surface area contributed by atoms with Gasteiger partial charge in [-0.1, -0.05) is 24.9 Å². The predicted octanol–water partition coefficient (Wildman–Crippen LogP) is 3.33. The zero-order valence-electron chi connectivity index (χ0n) is 13.2. The van der Waals surface area contributed by atoms with Crippen molar-refractivity contribution >= 4 is 0 Å². The number of hydrogen-bond acceptors (Lipinski definition) is 5. The lowest BCUT2D eigenvalue weighted by Crippen LogP contribution is -2.36. The van der Waals surface area contributed by atoms with Gasteiger partial charge in [-0.2, -0.15) is 4.98 Å². The van der Waals surface area contributed by atoms with E-state index in [-0.39, 0.29) is 11.6 Å². The molecule has 2 heterocycles. The van der Waals surface area contributed by atoms with Gasteiger partial charge in [-0.15, -0.1) is 0 Å². The smallest absolute Gasteiger partial charge is 0.243 e. The van der Waals surface area contributed by atoms with Crippen LogP contribution in [0.5, 0.6) is 0 Å². The van der Waals surface area contributed by atoms with Gasteiger partial charge in [0.25, 0.3) is 0 Å². The highest BCUT2D eigenvalue weighted by atomic mass is 16.5. The Kier molecular flexibility index (Phi) is 4.60. The second-order valence-corrected chi connectivity index (χ2v) is 6.59. The van der Waals surface area contributed by atoms with Gasteiger partial charge in [-0.25, -0.2) is 0 Å². The molecule has 0 radical (unpaired) electrons. The van der Waals surface area contributed by atoms with E-state index in [9.17, 15) is 0 Å². The first-order valence-corrected chi connectivity index (χ1v) is 8.45. The summed E-state index contributed by atoms with van der Waals surface area (Å²) in [5, 5.41) is 7.76. The summed E-state index contributed by atoms with van der Waals surface area (Å²) in [6.45, 7) is 6.07. The second-order valence-electron chi connectivity index (χ2n) is 6.59. The molecule has 3 rings (SSSR count). The monoisotopic (exact) mass is 293 g/mol. The molecule has 1 saturated carbocycles. The molecule has 5 heteroatoms. The molecule has 0 spiro atoms. The van der Waals surface area contributed by atoms with Gasteiger partial charge >= 0.3 is 0 Å². The highest BCUT2D eigenvalue weighted by molar-refractivity contribution is 5.06. The van der Waals surface area contributed by atoms with E-state index in [1.165, 1.54) is 25.7 Å². The summed E-state index contributed by atoms with van der Waals surface area (Å²) < 4.78 is 11.7. The molecule has 1 N–H and O–H groups in total. The highest BCUT2D eigenvalue weighted by Gasteiger charge is 2.42. The SMILES string of the molecule is CCOC1(c2noc([C@H]3CCCCN3)n2)CCCC(C)C1. The quantitative estimate of drug-likeness (QED) is 0.922. The van der Waals surface area contributed by atoms with Crippen molar-refractivity contribution in [1.82, 2.24) is 15.5 Å². The van der Waals surface area contributed by atoms with Gasteiger partial charge < -0.3 is 14.6 Å². The number of piperidine rings is 1. The van der Waals surface area contributed by atoms with Gasteiger partial charge in [-0.05, 0) is 51.5 Å². The van der Waals surface area contributed by atoms with E-state index in [2.05, 4.69) is 17.4 Å². The van der Waals surface area contributed by atoms with Gasteiger partial charge in [0.2, 0.25) is 11.7 Å². The van der Waals surface area contributed by atoms with Crippen LogP contribution in [0.25, 0.3) is 0 Å². The number of nitrogens with zero attached hydrogens (tertiary/aromatic N) is 2. The molecule has 21 heavy (non-hydrogen) atoms. The third-order valence-electron chi connectivity index (χ3n) is 4.83. The maximum absolute atomic E-state index is 6.12. The average Bonchev–Trinajstić information content (AvgIpc) is 2.99. The number of rotatable bonds is 4. The largest absolute Gasteiger partial charge is 0.367 e. The molecule has 1 aliphatic carbocycles. The lowest BCUT2D eigenvalue weighted by Gasteiger charge is -2.37. The zero-order valence-corrected chi connectivity index (χ0v) is 13.2. The van der Waals surface area contributed by atoms with Crippen LogP contribution in [-0.4, -0.2) is 23.3 Å². The minimum Gasteiger partial charge on any atom is -0.367 e. The fourth-order valence-corrected chi connectivity index (χ4v) is 3.80. The number of aromatic nitrogens is 2. The van der Waals surface area contributed by atoms with E-state index in [1.54, 1.807) is 0 Å². The van der Waals surface area contributed by atoms with Gasteiger partial charge in [0.1, 0.15) is 5.60 Å². The summed E-state index contributed by atoms with van der Waals surface area (Å²) in [6, 6.07) is 0.222. The molecule has 3 atom stereocenters. The molecule has 118 valence electrons. The maximum Gasteiger partial charge on any atom is 0.243 e. The number of hydrogen-bond donors (Lipinski definition) is 1. The Morgan fingerprint density at radius 2 is 2.24 bits per heavy atom. The molecule has 0 amide bonds. The van der Waals surface area contributed by atoms with Gasteiger partial charge in [0, 0.05) is 6.61 Å². The first-order chi connectivity index (χ1) is 10.2. The molecule has 5 nitrogen and oxygen atoms in total. The Morgan fingerprint density at radius 1 is 1.33 bits per heavy atom. The first kappa shape index (κ1) is 15.0. The third-order valence-corrected chi connectivity index (χ3v) is 4.83. The van der Waals surface area contributed by atoms with Crippen molar-refractivity contribution in [3.8, 4) is 0 Å². The van der Waals surface area contributed by atoms with Crippen LogP contribution in [0, 0.1) is 5.92 Å². The summed E-state index contributed by atoms with van der Waals surface area (Å²) in [5.41, 5.74) is -0.331. The van der Waals surface area contributed by atoms with Gasteiger partial charge in [0.15, 0.2) is 0 Å². The molecule has 2 fully saturated rings.